The first kappa shape index (κ1) is 13.0. The Hall–Kier alpha value is -1.10. The SMILES string of the molecule is COc1ncc(Br)cc1C(=O)NC(C)(C)C. The largest absolute Gasteiger partial charge is 0.480 e. The maximum Gasteiger partial charge on any atom is 0.257 e. The van der Waals surface area contributed by atoms with Crippen LogP contribution in [0.5, 0.6) is 5.88 Å². The summed E-state index contributed by atoms with van der Waals surface area (Å²) in [6.45, 7) is 5.76. The van der Waals surface area contributed by atoms with Gasteiger partial charge in [0.15, 0.2) is 0 Å². The van der Waals surface area contributed by atoms with E-state index in [1.807, 2.05) is 20.8 Å². The molecule has 0 aromatic carbocycles. The molecule has 0 saturated carbocycles. The van der Waals surface area contributed by atoms with Crippen molar-refractivity contribution in [1.29, 1.82) is 0 Å². The van der Waals surface area contributed by atoms with Crippen LogP contribution in [0, 0.1) is 0 Å². The third-order valence-corrected chi connectivity index (χ3v) is 2.18. The Morgan fingerprint density at radius 1 is 1.50 bits per heavy atom. The van der Waals surface area contributed by atoms with Gasteiger partial charge < -0.3 is 10.1 Å². The van der Waals surface area contributed by atoms with Gasteiger partial charge in [-0.3, -0.25) is 4.79 Å². The molecule has 0 fully saturated rings. The molecule has 88 valence electrons. The van der Waals surface area contributed by atoms with Gasteiger partial charge in [-0.1, -0.05) is 0 Å². The van der Waals surface area contributed by atoms with Gasteiger partial charge in [0, 0.05) is 16.2 Å². The smallest absolute Gasteiger partial charge is 0.257 e. The molecule has 0 aliphatic rings. The van der Waals surface area contributed by atoms with Gasteiger partial charge in [-0.15, -0.1) is 0 Å². The van der Waals surface area contributed by atoms with Crippen molar-refractivity contribution in [1.82, 2.24) is 10.3 Å². The van der Waals surface area contributed by atoms with Crippen molar-refractivity contribution in [3.05, 3.63) is 22.3 Å². The van der Waals surface area contributed by atoms with Gasteiger partial charge in [0.2, 0.25) is 5.88 Å². The first-order valence-electron chi connectivity index (χ1n) is 4.85. The van der Waals surface area contributed by atoms with Gasteiger partial charge in [-0.05, 0) is 42.8 Å². The maximum atomic E-state index is 11.9. The molecule has 0 aliphatic carbocycles. The van der Waals surface area contributed by atoms with Crippen molar-refractivity contribution in [2.45, 2.75) is 26.3 Å². The number of pyridine rings is 1. The summed E-state index contributed by atoms with van der Waals surface area (Å²) in [6, 6.07) is 1.69. The number of halogens is 1. The van der Waals surface area contributed by atoms with Crippen LogP contribution >= 0.6 is 15.9 Å². The summed E-state index contributed by atoms with van der Waals surface area (Å²) < 4.78 is 5.79. The Morgan fingerprint density at radius 2 is 2.12 bits per heavy atom. The van der Waals surface area contributed by atoms with E-state index < -0.39 is 0 Å². The average Bonchev–Trinajstić information content (AvgIpc) is 2.15. The molecule has 0 bridgehead atoms. The number of amides is 1. The lowest BCUT2D eigenvalue weighted by Gasteiger charge is -2.21. The molecule has 0 saturated heterocycles. The molecular weight excluding hydrogens is 272 g/mol. The average molecular weight is 287 g/mol. The van der Waals surface area contributed by atoms with Crippen molar-refractivity contribution >= 4 is 21.8 Å². The lowest BCUT2D eigenvalue weighted by atomic mass is 10.1. The summed E-state index contributed by atoms with van der Waals surface area (Å²) in [5.41, 5.74) is 0.136. The van der Waals surface area contributed by atoms with Gasteiger partial charge in [-0.2, -0.15) is 0 Å². The number of carbonyl (C=O) groups is 1. The minimum Gasteiger partial charge on any atom is -0.480 e. The van der Waals surface area contributed by atoms with E-state index in [0.29, 0.717) is 11.4 Å². The zero-order valence-electron chi connectivity index (χ0n) is 9.80. The Bertz CT molecular complexity index is 399. The summed E-state index contributed by atoms with van der Waals surface area (Å²) in [4.78, 5) is 16.0. The summed E-state index contributed by atoms with van der Waals surface area (Å²) in [5.74, 6) is 0.128. The summed E-state index contributed by atoms with van der Waals surface area (Å²) in [6.07, 6.45) is 1.59. The number of hydrogen-bond donors (Lipinski definition) is 1. The van der Waals surface area contributed by atoms with Gasteiger partial charge >= 0.3 is 0 Å². The van der Waals surface area contributed by atoms with Crippen LogP contribution in [-0.2, 0) is 0 Å². The second kappa shape index (κ2) is 4.82. The molecule has 0 spiro atoms. The fourth-order valence-corrected chi connectivity index (χ4v) is 1.49. The second-order valence-electron chi connectivity index (χ2n) is 4.41. The summed E-state index contributed by atoms with van der Waals surface area (Å²) >= 11 is 3.28. The molecule has 1 heterocycles. The van der Waals surface area contributed by atoms with E-state index in [9.17, 15) is 4.79 Å². The number of aromatic nitrogens is 1. The molecule has 1 amide bonds. The Balaban J connectivity index is 3.02. The minimum atomic E-state index is -0.287. The van der Waals surface area contributed by atoms with E-state index in [0.717, 1.165) is 4.47 Å². The number of rotatable bonds is 2. The second-order valence-corrected chi connectivity index (χ2v) is 5.33. The topological polar surface area (TPSA) is 51.2 Å². The van der Waals surface area contributed by atoms with Crippen LogP contribution in [0.1, 0.15) is 31.1 Å². The molecule has 4 nitrogen and oxygen atoms in total. The quantitative estimate of drug-likeness (QED) is 0.908. The van der Waals surface area contributed by atoms with E-state index in [-0.39, 0.29) is 11.4 Å². The van der Waals surface area contributed by atoms with Crippen LogP contribution < -0.4 is 10.1 Å². The molecule has 0 unspecified atom stereocenters. The highest BCUT2D eigenvalue weighted by Gasteiger charge is 2.19. The molecule has 1 aromatic heterocycles. The van der Waals surface area contributed by atoms with Gasteiger partial charge in [-0.25, -0.2) is 4.98 Å². The van der Waals surface area contributed by atoms with Crippen molar-refractivity contribution in [3.63, 3.8) is 0 Å². The van der Waals surface area contributed by atoms with E-state index >= 15 is 0 Å². The third-order valence-electron chi connectivity index (χ3n) is 1.74. The lowest BCUT2D eigenvalue weighted by Crippen LogP contribution is -2.40. The Kier molecular flexibility index (Phi) is 3.91. The Morgan fingerprint density at radius 3 is 2.62 bits per heavy atom. The molecule has 16 heavy (non-hydrogen) atoms. The summed E-state index contributed by atoms with van der Waals surface area (Å²) in [7, 11) is 1.49. The van der Waals surface area contributed by atoms with Crippen LogP contribution in [0.25, 0.3) is 0 Å². The normalized spacial score (nSPS) is 11.1. The highest BCUT2D eigenvalue weighted by Crippen LogP contribution is 2.20. The predicted octanol–water partition coefficient (Wildman–Crippen LogP) is 2.38. The highest BCUT2D eigenvalue weighted by molar-refractivity contribution is 9.10. The van der Waals surface area contributed by atoms with Gasteiger partial charge in [0.25, 0.3) is 5.91 Å². The van der Waals surface area contributed by atoms with Crippen molar-refractivity contribution in [3.8, 4) is 5.88 Å². The summed E-state index contributed by atoms with van der Waals surface area (Å²) in [5, 5.41) is 2.86. The third kappa shape index (κ3) is 3.48. The van der Waals surface area contributed by atoms with Gasteiger partial charge in [0.05, 0.1) is 7.11 Å². The number of nitrogens with zero attached hydrogens (tertiary/aromatic N) is 1. The van der Waals surface area contributed by atoms with Crippen LogP contribution in [0.4, 0.5) is 0 Å². The fraction of sp³-hybridized carbons (Fsp3) is 0.455. The molecule has 1 aromatic rings. The number of ether oxygens (including phenoxy) is 1. The number of hydrogen-bond acceptors (Lipinski definition) is 3. The molecule has 0 atom stereocenters. The minimum absolute atomic E-state index is 0.196. The molecule has 0 aliphatic heterocycles. The first-order valence-corrected chi connectivity index (χ1v) is 5.65. The number of methoxy groups -OCH3 is 1. The number of nitrogens with one attached hydrogen (secondary N) is 1. The molecular formula is C11H15BrN2O2. The van der Waals surface area contributed by atoms with Crippen LogP contribution in [0.15, 0.2) is 16.7 Å². The standard InChI is InChI=1S/C11H15BrN2O2/c1-11(2,3)14-9(15)8-5-7(12)6-13-10(8)16-4/h5-6H,1-4H3,(H,14,15). The molecule has 5 heteroatoms. The zero-order valence-corrected chi connectivity index (χ0v) is 11.4. The highest BCUT2D eigenvalue weighted by atomic mass is 79.9. The van der Waals surface area contributed by atoms with Crippen molar-refractivity contribution in [2.75, 3.05) is 7.11 Å². The Labute approximate surface area is 104 Å². The van der Waals surface area contributed by atoms with Crippen molar-refractivity contribution < 1.29 is 9.53 Å². The fourth-order valence-electron chi connectivity index (χ4n) is 1.16. The van der Waals surface area contributed by atoms with Crippen LogP contribution in [-0.4, -0.2) is 23.5 Å². The molecule has 1 N–H and O–H groups in total. The lowest BCUT2D eigenvalue weighted by molar-refractivity contribution is 0.0915. The van der Waals surface area contributed by atoms with E-state index in [1.165, 1.54) is 7.11 Å². The van der Waals surface area contributed by atoms with Gasteiger partial charge in [0.1, 0.15) is 5.56 Å². The van der Waals surface area contributed by atoms with E-state index in [2.05, 4.69) is 26.2 Å². The van der Waals surface area contributed by atoms with Crippen molar-refractivity contribution in [2.24, 2.45) is 0 Å². The van der Waals surface area contributed by atoms with Crippen LogP contribution in [0.3, 0.4) is 0 Å². The maximum absolute atomic E-state index is 11.9. The molecule has 0 radical (unpaired) electrons. The predicted molar refractivity (Wildman–Crippen MR) is 65.7 cm³/mol. The monoisotopic (exact) mass is 286 g/mol. The molecule has 1 rings (SSSR count). The zero-order chi connectivity index (χ0) is 12.3. The van der Waals surface area contributed by atoms with Crippen LogP contribution in [0.2, 0.25) is 0 Å². The van der Waals surface area contributed by atoms with E-state index in [4.69, 9.17) is 4.74 Å². The number of carbonyl (C=O) groups excluding carboxylic acids is 1. The first-order chi connectivity index (χ1) is 7.33. The van der Waals surface area contributed by atoms with E-state index in [1.54, 1.807) is 12.3 Å².